The van der Waals surface area contributed by atoms with E-state index in [1.165, 1.54) is 0 Å². The van der Waals surface area contributed by atoms with Crippen LogP contribution in [0, 0.1) is 0 Å². The van der Waals surface area contributed by atoms with E-state index in [0.717, 1.165) is 32.5 Å². The first-order valence-electron chi connectivity index (χ1n) is 7.11. The quantitative estimate of drug-likeness (QED) is 0.566. The molecule has 2 aromatic carbocycles. The number of halogens is 1. The third kappa shape index (κ3) is 2.49. The Bertz CT molecular complexity index is 896. The van der Waals surface area contributed by atoms with E-state index in [0.29, 0.717) is 0 Å². The van der Waals surface area contributed by atoms with E-state index in [1.807, 2.05) is 48.5 Å². The van der Waals surface area contributed by atoms with Crippen LogP contribution in [-0.4, -0.2) is 19.9 Å². The van der Waals surface area contributed by atoms with Gasteiger partial charge in [0.25, 0.3) is 0 Å². The number of phenols is 1. The minimum atomic E-state index is 0.228. The minimum Gasteiger partial charge on any atom is -0.508 e. The molecule has 4 rings (SSSR count). The first-order valence-corrected chi connectivity index (χ1v) is 7.91. The van der Waals surface area contributed by atoms with Gasteiger partial charge in [-0.3, -0.25) is 0 Å². The van der Waals surface area contributed by atoms with Crippen LogP contribution in [0.5, 0.6) is 5.75 Å². The Balaban J connectivity index is 1.96. The molecule has 2 aromatic heterocycles. The third-order valence-corrected chi connectivity index (χ3v) is 4.18. The van der Waals surface area contributed by atoms with E-state index in [1.54, 1.807) is 23.0 Å². The van der Waals surface area contributed by atoms with Crippen LogP contribution in [0.3, 0.4) is 0 Å². The second-order valence-electron chi connectivity index (χ2n) is 5.16. The summed E-state index contributed by atoms with van der Waals surface area (Å²) < 4.78 is 2.83. The zero-order valence-corrected chi connectivity index (χ0v) is 13.6. The third-order valence-electron chi connectivity index (χ3n) is 3.65. The van der Waals surface area contributed by atoms with Crippen molar-refractivity contribution in [2.75, 3.05) is 0 Å². The number of aromatic hydroxyl groups is 1. The monoisotopic (exact) mass is 365 g/mol. The molecule has 0 saturated carbocycles. The van der Waals surface area contributed by atoms with Gasteiger partial charge in [-0.05, 0) is 48.5 Å². The molecule has 0 unspecified atom stereocenters. The summed E-state index contributed by atoms with van der Waals surface area (Å²) in [6, 6.07) is 18.9. The lowest BCUT2D eigenvalue weighted by Gasteiger charge is -2.02. The van der Waals surface area contributed by atoms with Crippen LogP contribution in [0.1, 0.15) is 0 Å². The molecule has 2 heterocycles. The van der Waals surface area contributed by atoms with Crippen molar-refractivity contribution >= 4 is 27.0 Å². The van der Waals surface area contributed by atoms with Crippen molar-refractivity contribution in [3.8, 4) is 22.7 Å². The maximum atomic E-state index is 9.48. The van der Waals surface area contributed by atoms with Gasteiger partial charge < -0.3 is 5.11 Å². The standard InChI is InChI=1S/C18H12BrN3O/c19-13-5-3-12(4-6-13)17-16-2-1-11-20-18(16)22(21-17)14-7-9-15(23)10-8-14/h1-11,23H. The van der Waals surface area contributed by atoms with Gasteiger partial charge in [-0.1, -0.05) is 28.1 Å². The zero-order chi connectivity index (χ0) is 15.8. The van der Waals surface area contributed by atoms with Gasteiger partial charge in [-0.2, -0.15) is 5.10 Å². The van der Waals surface area contributed by atoms with Crippen LogP contribution < -0.4 is 0 Å². The number of hydrogen-bond acceptors (Lipinski definition) is 3. The SMILES string of the molecule is Oc1ccc(-n2nc(-c3ccc(Br)cc3)c3cccnc32)cc1. The van der Waals surface area contributed by atoms with Crippen LogP contribution in [0.2, 0.25) is 0 Å². The summed E-state index contributed by atoms with van der Waals surface area (Å²) in [5.74, 6) is 0.228. The van der Waals surface area contributed by atoms with Crippen molar-refractivity contribution in [3.63, 3.8) is 0 Å². The molecular weight excluding hydrogens is 354 g/mol. The Labute approximate surface area is 141 Å². The fourth-order valence-corrected chi connectivity index (χ4v) is 2.81. The average Bonchev–Trinajstić information content (AvgIpc) is 2.96. The summed E-state index contributed by atoms with van der Waals surface area (Å²) in [4.78, 5) is 4.47. The van der Waals surface area contributed by atoms with Gasteiger partial charge in [0.05, 0.1) is 5.69 Å². The number of phenolic OH excluding ortho intramolecular Hbond substituents is 1. The average molecular weight is 366 g/mol. The predicted molar refractivity (Wildman–Crippen MR) is 93.7 cm³/mol. The maximum absolute atomic E-state index is 9.48. The van der Waals surface area contributed by atoms with E-state index < -0.39 is 0 Å². The first kappa shape index (κ1) is 14.0. The van der Waals surface area contributed by atoms with E-state index in [2.05, 4.69) is 20.9 Å². The minimum absolute atomic E-state index is 0.228. The number of rotatable bonds is 2. The van der Waals surface area contributed by atoms with Gasteiger partial charge in [-0.15, -0.1) is 0 Å². The van der Waals surface area contributed by atoms with Crippen LogP contribution >= 0.6 is 15.9 Å². The Morgan fingerprint density at radius 3 is 2.39 bits per heavy atom. The largest absolute Gasteiger partial charge is 0.508 e. The highest BCUT2D eigenvalue weighted by atomic mass is 79.9. The van der Waals surface area contributed by atoms with E-state index in [4.69, 9.17) is 5.10 Å². The van der Waals surface area contributed by atoms with Crippen LogP contribution in [0.15, 0.2) is 71.3 Å². The summed E-state index contributed by atoms with van der Waals surface area (Å²) in [5.41, 5.74) is 3.56. The number of pyridine rings is 1. The lowest BCUT2D eigenvalue weighted by molar-refractivity contribution is 0.475. The van der Waals surface area contributed by atoms with Crippen molar-refractivity contribution in [1.82, 2.24) is 14.8 Å². The van der Waals surface area contributed by atoms with Crippen molar-refractivity contribution in [1.29, 1.82) is 0 Å². The topological polar surface area (TPSA) is 50.9 Å². The van der Waals surface area contributed by atoms with E-state index in [9.17, 15) is 5.11 Å². The normalized spacial score (nSPS) is 11.0. The van der Waals surface area contributed by atoms with Crippen LogP contribution in [-0.2, 0) is 0 Å². The Kier molecular flexibility index (Phi) is 3.35. The van der Waals surface area contributed by atoms with Gasteiger partial charge in [0, 0.05) is 21.6 Å². The molecule has 0 aliphatic carbocycles. The molecule has 0 aliphatic rings. The number of hydrogen-bond donors (Lipinski definition) is 1. The lowest BCUT2D eigenvalue weighted by atomic mass is 10.1. The summed E-state index contributed by atoms with van der Waals surface area (Å²) in [7, 11) is 0. The molecule has 23 heavy (non-hydrogen) atoms. The lowest BCUT2D eigenvalue weighted by Crippen LogP contribution is -1.97. The molecule has 0 bridgehead atoms. The zero-order valence-electron chi connectivity index (χ0n) is 12.0. The molecule has 112 valence electrons. The second-order valence-corrected chi connectivity index (χ2v) is 6.07. The summed E-state index contributed by atoms with van der Waals surface area (Å²) in [6.45, 7) is 0. The molecule has 0 amide bonds. The van der Waals surface area contributed by atoms with Crippen LogP contribution in [0.4, 0.5) is 0 Å². The number of nitrogens with zero attached hydrogens (tertiary/aromatic N) is 3. The number of fused-ring (bicyclic) bond motifs is 1. The van der Waals surface area contributed by atoms with Crippen molar-refractivity contribution < 1.29 is 5.11 Å². The first-order chi connectivity index (χ1) is 11.2. The maximum Gasteiger partial charge on any atom is 0.163 e. The molecule has 0 atom stereocenters. The van der Waals surface area contributed by atoms with Crippen molar-refractivity contribution in [2.45, 2.75) is 0 Å². The second kappa shape index (κ2) is 5.52. The highest BCUT2D eigenvalue weighted by Gasteiger charge is 2.14. The van der Waals surface area contributed by atoms with Gasteiger partial charge in [0.2, 0.25) is 0 Å². The molecular formula is C18H12BrN3O. The molecule has 4 aromatic rings. The highest BCUT2D eigenvalue weighted by Crippen LogP contribution is 2.29. The molecule has 0 radical (unpaired) electrons. The summed E-state index contributed by atoms with van der Waals surface area (Å²) in [6.07, 6.45) is 1.76. The fourth-order valence-electron chi connectivity index (χ4n) is 2.55. The Morgan fingerprint density at radius 2 is 1.65 bits per heavy atom. The fraction of sp³-hybridized carbons (Fsp3) is 0. The van der Waals surface area contributed by atoms with Crippen LogP contribution in [0.25, 0.3) is 28.0 Å². The van der Waals surface area contributed by atoms with Crippen molar-refractivity contribution in [2.24, 2.45) is 0 Å². The smallest absolute Gasteiger partial charge is 0.163 e. The van der Waals surface area contributed by atoms with Gasteiger partial charge in [-0.25, -0.2) is 9.67 Å². The number of aromatic nitrogens is 3. The van der Waals surface area contributed by atoms with Crippen molar-refractivity contribution in [3.05, 3.63) is 71.3 Å². The molecule has 0 aliphatic heterocycles. The molecule has 1 N–H and O–H groups in total. The molecule has 0 saturated heterocycles. The molecule has 0 fully saturated rings. The van der Waals surface area contributed by atoms with Gasteiger partial charge in [0.15, 0.2) is 5.65 Å². The Morgan fingerprint density at radius 1 is 0.913 bits per heavy atom. The predicted octanol–water partition coefficient (Wildman–Crippen LogP) is 4.56. The van der Waals surface area contributed by atoms with Gasteiger partial charge >= 0.3 is 0 Å². The summed E-state index contributed by atoms with van der Waals surface area (Å²) >= 11 is 3.45. The molecule has 0 spiro atoms. The summed E-state index contributed by atoms with van der Waals surface area (Å²) in [5, 5.41) is 15.2. The van der Waals surface area contributed by atoms with Gasteiger partial charge in [0.1, 0.15) is 11.4 Å². The Hall–Kier alpha value is -2.66. The molecule has 4 nitrogen and oxygen atoms in total. The molecule has 5 heteroatoms. The van der Waals surface area contributed by atoms with E-state index >= 15 is 0 Å². The number of benzene rings is 2. The van der Waals surface area contributed by atoms with E-state index in [-0.39, 0.29) is 5.75 Å². The highest BCUT2D eigenvalue weighted by molar-refractivity contribution is 9.10.